The van der Waals surface area contributed by atoms with Crippen molar-refractivity contribution in [1.29, 1.82) is 0 Å². The molecule has 1 nitrogen and oxygen atoms in total. The van der Waals surface area contributed by atoms with Crippen molar-refractivity contribution >= 4 is 46.7 Å². The molecule has 0 amide bonds. The van der Waals surface area contributed by atoms with E-state index in [2.05, 4.69) is 134 Å². The van der Waals surface area contributed by atoms with Crippen LogP contribution < -0.4 is 36.5 Å². The van der Waals surface area contributed by atoms with Gasteiger partial charge in [0.1, 0.15) is 0 Å². The molecule has 0 radical (unpaired) electrons. The summed E-state index contributed by atoms with van der Waals surface area (Å²) in [5.41, 5.74) is 8.39. The molecule has 175 valence electrons. The van der Waals surface area contributed by atoms with Gasteiger partial charge in [0.25, 0.3) is 0 Å². The highest BCUT2D eigenvalue weighted by atomic mass is 28.3. The SMILES string of the molecule is CC12C=c3ccccc3=CC1Nc1ccc3c(c12)-c1ccccc1[Si-]31c2ccccc2-c2ccccc21. The van der Waals surface area contributed by atoms with Gasteiger partial charge in [-0.3, -0.25) is 0 Å². The molecule has 1 aliphatic carbocycles. The Morgan fingerprint density at radius 1 is 0.595 bits per heavy atom. The van der Waals surface area contributed by atoms with Gasteiger partial charge in [-0.05, 0) is 42.6 Å². The van der Waals surface area contributed by atoms with Gasteiger partial charge >= 0.3 is 0 Å². The van der Waals surface area contributed by atoms with Gasteiger partial charge in [0.05, 0.1) is 6.04 Å². The van der Waals surface area contributed by atoms with Crippen LogP contribution in [0.3, 0.4) is 0 Å². The van der Waals surface area contributed by atoms with E-state index in [0.29, 0.717) is 0 Å². The van der Waals surface area contributed by atoms with Gasteiger partial charge in [0, 0.05) is 11.1 Å². The Kier molecular flexibility index (Phi) is 3.56. The first kappa shape index (κ1) is 20.0. The summed E-state index contributed by atoms with van der Waals surface area (Å²) in [5, 5.41) is 12.8. The predicted molar refractivity (Wildman–Crippen MR) is 157 cm³/mol. The molecule has 0 aromatic heterocycles. The Hall–Kier alpha value is -4.14. The molecule has 2 atom stereocenters. The Morgan fingerprint density at radius 2 is 1.16 bits per heavy atom. The lowest BCUT2D eigenvalue weighted by Gasteiger charge is -2.41. The molecule has 2 heteroatoms. The maximum atomic E-state index is 3.92. The average molecular weight is 488 g/mol. The molecular weight excluding hydrogens is 462 g/mol. The van der Waals surface area contributed by atoms with Crippen molar-refractivity contribution in [3.05, 3.63) is 125 Å². The zero-order chi connectivity index (χ0) is 24.4. The maximum Gasteiger partial charge on any atom is 0.0583 e. The quantitative estimate of drug-likeness (QED) is 0.324. The summed E-state index contributed by atoms with van der Waals surface area (Å²) >= 11 is 0. The summed E-state index contributed by atoms with van der Waals surface area (Å²) in [6.45, 7) is 2.44. The van der Waals surface area contributed by atoms with Crippen molar-refractivity contribution < 1.29 is 0 Å². The number of benzene rings is 5. The second kappa shape index (κ2) is 6.59. The van der Waals surface area contributed by atoms with E-state index in [1.807, 2.05) is 0 Å². The second-order valence-corrected chi connectivity index (χ2v) is 14.8. The lowest BCUT2D eigenvalue weighted by atomic mass is 9.73. The number of hydrogen-bond acceptors (Lipinski definition) is 1. The van der Waals surface area contributed by atoms with Crippen molar-refractivity contribution in [2.24, 2.45) is 0 Å². The van der Waals surface area contributed by atoms with Crippen LogP contribution in [0.4, 0.5) is 5.69 Å². The van der Waals surface area contributed by atoms with Crippen LogP contribution in [0, 0.1) is 0 Å². The number of nitrogens with one attached hydrogen (secondary N) is 1. The lowest BCUT2D eigenvalue weighted by molar-refractivity contribution is 0.634. The first-order chi connectivity index (χ1) is 18.2. The van der Waals surface area contributed by atoms with Crippen molar-refractivity contribution in [3.8, 4) is 22.3 Å². The first-order valence-electron chi connectivity index (χ1n) is 13.2. The van der Waals surface area contributed by atoms with E-state index in [1.165, 1.54) is 43.9 Å². The molecule has 5 aromatic carbocycles. The fourth-order valence-electron chi connectivity index (χ4n) is 8.01. The lowest BCUT2D eigenvalue weighted by Crippen LogP contribution is -2.70. The molecular formula is C35H25NSi-. The van der Waals surface area contributed by atoms with Crippen molar-refractivity contribution in [3.63, 3.8) is 0 Å². The standard InChI is InChI=1S/C35H25NSi/c1-35-21-23-11-3-2-10-22(23)20-32(35)36-27-18-19-31-33(34(27)35)26-14-6-9-17-30(26)37(31)28-15-7-4-12-24(28)25-13-5-8-16-29(25)37/h2-21,32,36H,1H3/q-1. The third-order valence-corrected chi connectivity index (χ3v) is 14.4. The van der Waals surface area contributed by atoms with Crippen LogP contribution in [0.25, 0.3) is 34.4 Å². The molecule has 0 fully saturated rings. The molecule has 0 saturated heterocycles. The molecule has 5 aromatic rings. The van der Waals surface area contributed by atoms with Gasteiger partial charge in [-0.25, -0.2) is 0 Å². The summed E-state index contributed by atoms with van der Waals surface area (Å²) in [6.07, 6.45) is 4.97. The summed E-state index contributed by atoms with van der Waals surface area (Å²) in [4.78, 5) is 0. The van der Waals surface area contributed by atoms with Gasteiger partial charge in [-0.2, -0.15) is 20.7 Å². The number of fused-ring (bicyclic) bond motifs is 15. The topological polar surface area (TPSA) is 12.0 Å². The van der Waals surface area contributed by atoms with E-state index in [1.54, 1.807) is 20.7 Å². The van der Waals surface area contributed by atoms with Gasteiger partial charge < -0.3 is 5.32 Å². The molecule has 0 saturated carbocycles. The predicted octanol–water partition coefficient (Wildman–Crippen LogP) is 3.35. The second-order valence-electron chi connectivity index (χ2n) is 11.1. The Morgan fingerprint density at radius 3 is 1.86 bits per heavy atom. The van der Waals surface area contributed by atoms with E-state index in [-0.39, 0.29) is 11.5 Å². The van der Waals surface area contributed by atoms with E-state index in [4.69, 9.17) is 0 Å². The van der Waals surface area contributed by atoms with Crippen LogP contribution in [0.5, 0.6) is 0 Å². The van der Waals surface area contributed by atoms with Gasteiger partial charge in [0.15, 0.2) is 0 Å². The van der Waals surface area contributed by atoms with E-state index in [0.717, 1.165) is 0 Å². The third-order valence-electron chi connectivity index (χ3n) is 9.46. The van der Waals surface area contributed by atoms with E-state index in [9.17, 15) is 0 Å². The Labute approximate surface area is 217 Å². The van der Waals surface area contributed by atoms with Crippen molar-refractivity contribution in [2.75, 3.05) is 5.32 Å². The molecule has 1 N–H and O–H groups in total. The number of anilines is 1. The number of rotatable bonds is 0. The Balaban J connectivity index is 1.44. The Bertz CT molecular complexity index is 1910. The van der Waals surface area contributed by atoms with Gasteiger partial charge in [-0.15, -0.1) is 0 Å². The molecule has 1 spiro atoms. The summed E-state index contributed by atoms with van der Waals surface area (Å²) in [6, 6.07) is 41.6. The van der Waals surface area contributed by atoms with E-state index < -0.39 is 8.07 Å². The molecule has 9 rings (SSSR count). The normalized spacial score (nSPS) is 21.8. The molecule has 3 heterocycles. The zero-order valence-electron chi connectivity index (χ0n) is 20.6. The van der Waals surface area contributed by atoms with Crippen LogP contribution in [0.15, 0.2) is 109 Å². The van der Waals surface area contributed by atoms with Gasteiger partial charge in [-0.1, -0.05) is 132 Å². The largest absolute Gasteiger partial charge is 0.377 e. The minimum Gasteiger partial charge on any atom is -0.377 e. The maximum absolute atomic E-state index is 3.92. The highest BCUT2D eigenvalue weighted by molar-refractivity contribution is 7.24. The summed E-state index contributed by atoms with van der Waals surface area (Å²) in [5.74, 6) is 0. The van der Waals surface area contributed by atoms with E-state index >= 15 is 0 Å². The average Bonchev–Trinajstić information content (AvgIpc) is 3.52. The molecule has 4 aliphatic rings. The van der Waals surface area contributed by atoms with Crippen LogP contribution in [0.1, 0.15) is 12.5 Å². The highest BCUT2D eigenvalue weighted by Gasteiger charge is 2.48. The molecule has 3 aliphatic heterocycles. The summed E-state index contributed by atoms with van der Waals surface area (Å²) < 4.78 is 0. The van der Waals surface area contributed by atoms with Crippen LogP contribution >= 0.6 is 0 Å². The monoisotopic (exact) mass is 487 g/mol. The molecule has 0 bridgehead atoms. The van der Waals surface area contributed by atoms with Crippen molar-refractivity contribution in [1.82, 2.24) is 0 Å². The van der Waals surface area contributed by atoms with Gasteiger partial charge in [0.2, 0.25) is 0 Å². The van der Waals surface area contributed by atoms with Crippen molar-refractivity contribution in [2.45, 2.75) is 18.4 Å². The minimum absolute atomic E-state index is 0.111. The first-order valence-corrected chi connectivity index (χ1v) is 15.2. The smallest absolute Gasteiger partial charge is 0.0583 e. The minimum atomic E-state index is -2.41. The molecule has 2 unspecified atom stereocenters. The fraction of sp³-hybridized carbons (Fsp3) is 0.0857. The zero-order valence-corrected chi connectivity index (χ0v) is 21.6. The molecule has 37 heavy (non-hydrogen) atoms. The fourth-order valence-corrected chi connectivity index (χ4v) is 13.6. The van der Waals surface area contributed by atoms with Crippen LogP contribution in [-0.4, -0.2) is 14.1 Å². The van der Waals surface area contributed by atoms with Crippen LogP contribution in [0.2, 0.25) is 0 Å². The van der Waals surface area contributed by atoms with Crippen LogP contribution in [-0.2, 0) is 5.41 Å². The highest BCUT2D eigenvalue weighted by Crippen LogP contribution is 2.50. The summed E-state index contributed by atoms with van der Waals surface area (Å²) in [7, 11) is -2.41. The number of hydrogen-bond donors (Lipinski definition) is 1. The third kappa shape index (κ3) is 2.19.